The number of ether oxygens (including phenoxy) is 1. The number of amides is 1. The molecule has 2 atom stereocenters. The molecule has 1 saturated heterocycles. The quantitative estimate of drug-likeness (QED) is 0.784. The molecule has 6 nitrogen and oxygen atoms in total. The Hall–Kier alpha value is -2.44. The molecule has 166 valence electrons. The van der Waals surface area contributed by atoms with E-state index in [1.807, 2.05) is 63.2 Å². The third kappa shape index (κ3) is 4.32. The number of Topliss-reactive ketones (excluding diaryl/α,β-unsaturated/α-hetero) is 1. The van der Waals surface area contributed by atoms with Crippen molar-refractivity contribution in [2.24, 2.45) is 0 Å². The van der Waals surface area contributed by atoms with Crippen molar-refractivity contribution in [1.29, 1.82) is 0 Å². The van der Waals surface area contributed by atoms with Gasteiger partial charge in [-0.2, -0.15) is 0 Å². The molecule has 2 unspecified atom stereocenters. The van der Waals surface area contributed by atoms with Gasteiger partial charge in [-0.1, -0.05) is 42.5 Å². The van der Waals surface area contributed by atoms with E-state index < -0.39 is 29.3 Å². The SMILES string of the molecule is CC(C)(C)OC(=O)N1CCNCC1C(=O)C(c1cccc2ccccc12)C1(O)CCC1. The Labute approximate surface area is 183 Å². The molecule has 6 heteroatoms. The first-order valence-electron chi connectivity index (χ1n) is 11.1. The highest BCUT2D eigenvalue weighted by molar-refractivity contribution is 5.98. The van der Waals surface area contributed by atoms with E-state index >= 15 is 0 Å². The van der Waals surface area contributed by atoms with Gasteiger partial charge in [0.05, 0.1) is 11.5 Å². The van der Waals surface area contributed by atoms with Gasteiger partial charge in [-0.05, 0) is 56.4 Å². The monoisotopic (exact) mass is 424 g/mol. The molecule has 0 radical (unpaired) electrons. The number of rotatable bonds is 4. The maximum absolute atomic E-state index is 14.0. The van der Waals surface area contributed by atoms with Crippen LogP contribution < -0.4 is 5.32 Å². The zero-order chi connectivity index (χ0) is 22.2. The van der Waals surface area contributed by atoms with Crippen molar-refractivity contribution in [3.8, 4) is 0 Å². The van der Waals surface area contributed by atoms with Crippen molar-refractivity contribution in [3.63, 3.8) is 0 Å². The van der Waals surface area contributed by atoms with E-state index in [9.17, 15) is 14.7 Å². The highest BCUT2D eigenvalue weighted by Crippen LogP contribution is 2.46. The van der Waals surface area contributed by atoms with Gasteiger partial charge >= 0.3 is 6.09 Å². The van der Waals surface area contributed by atoms with Crippen molar-refractivity contribution in [2.75, 3.05) is 19.6 Å². The van der Waals surface area contributed by atoms with E-state index in [0.29, 0.717) is 32.5 Å². The second-order valence-corrected chi connectivity index (χ2v) is 9.75. The van der Waals surface area contributed by atoms with Crippen molar-refractivity contribution < 1.29 is 19.4 Å². The number of benzene rings is 2. The van der Waals surface area contributed by atoms with Gasteiger partial charge in [0.15, 0.2) is 5.78 Å². The Bertz CT molecular complexity index is 972. The van der Waals surface area contributed by atoms with Gasteiger partial charge in [0, 0.05) is 19.6 Å². The molecule has 4 rings (SSSR count). The lowest BCUT2D eigenvalue weighted by molar-refractivity contribution is -0.138. The molecule has 2 aromatic carbocycles. The summed E-state index contributed by atoms with van der Waals surface area (Å²) in [5.41, 5.74) is -0.894. The summed E-state index contributed by atoms with van der Waals surface area (Å²) in [4.78, 5) is 28.4. The highest BCUT2D eigenvalue weighted by atomic mass is 16.6. The van der Waals surface area contributed by atoms with Gasteiger partial charge in [0.2, 0.25) is 0 Å². The van der Waals surface area contributed by atoms with Gasteiger partial charge in [-0.25, -0.2) is 4.79 Å². The normalized spacial score (nSPS) is 21.9. The lowest BCUT2D eigenvalue weighted by Crippen LogP contribution is -2.61. The fourth-order valence-corrected chi connectivity index (χ4v) is 4.73. The fourth-order valence-electron chi connectivity index (χ4n) is 4.73. The van der Waals surface area contributed by atoms with E-state index in [0.717, 1.165) is 22.8 Å². The summed E-state index contributed by atoms with van der Waals surface area (Å²) in [6, 6.07) is 13.1. The maximum Gasteiger partial charge on any atom is 0.410 e. The molecule has 1 saturated carbocycles. The molecule has 2 aliphatic rings. The van der Waals surface area contributed by atoms with Crippen LogP contribution in [0.3, 0.4) is 0 Å². The zero-order valence-electron chi connectivity index (χ0n) is 18.6. The molecule has 1 aliphatic carbocycles. The van der Waals surface area contributed by atoms with Crippen LogP contribution in [0.2, 0.25) is 0 Å². The first kappa shape index (κ1) is 21.8. The lowest BCUT2D eigenvalue weighted by Gasteiger charge is -2.46. The Balaban J connectivity index is 1.73. The van der Waals surface area contributed by atoms with Gasteiger partial charge < -0.3 is 15.2 Å². The zero-order valence-corrected chi connectivity index (χ0v) is 18.6. The largest absolute Gasteiger partial charge is 0.444 e. The molecule has 31 heavy (non-hydrogen) atoms. The summed E-state index contributed by atoms with van der Waals surface area (Å²) in [7, 11) is 0. The number of nitrogens with one attached hydrogen (secondary N) is 1. The molecular formula is C25H32N2O4. The standard InChI is InChI=1S/C25H32N2O4/c1-24(2,3)31-23(29)27-15-14-26-16-20(27)22(28)21(25(30)12-7-13-25)19-11-6-9-17-8-4-5-10-18(17)19/h4-6,8-11,20-21,26,30H,7,12-16H2,1-3H3. The second kappa shape index (κ2) is 8.24. The minimum absolute atomic E-state index is 0.128. The number of aliphatic hydroxyl groups is 1. The molecule has 0 aromatic heterocycles. The summed E-state index contributed by atoms with van der Waals surface area (Å²) in [6.45, 7) is 6.81. The fraction of sp³-hybridized carbons (Fsp3) is 0.520. The number of piperazine rings is 1. The third-order valence-electron chi connectivity index (χ3n) is 6.38. The van der Waals surface area contributed by atoms with E-state index in [4.69, 9.17) is 4.74 Å². The number of ketones is 1. The summed E-state index contributed by atoms with van der Waals surface area (Å²) in [5, 5.41) is 16.7. The van der Waals surface area contributed by atoms with E-state index in [1.54, 1.807) is 0 Å². The summed E-state index contributed by atoms with van der Waals surface area (Å²) in [5.74, 6) is -0.821. The van der Waals surface area contributed by atoms with Crippen LogP contribution in [-0.2, 0) is 9.53 Å². The van der Waals surface area contributed by atoms with E-state index in [2.05, 4.69) is 5.32 Å². The Morgan fingerprint density at radius 3 is 2.55 bits per heavy atom. The van der Waals surface area contributed by atoms with Crippen molar-refractivity contribution >= 4 is 22.6 Å². The number of fused-ring (bicyclic) bond motifs is 1. The van der Waals surface area contributed by atoms with Crippen molar-refractivity contribution in [1.82, 2.24) is 10.2 Å². The van der Waals surface area contributed by atoms with Crippen LogP contribution in [0.15, 0.2) is 42.5 Å². The van der Waals surface area contributed by atoms with Crippen LogP contribution in [0.5, 0.6) is 0 Å². The first-order valence-corrected chi connectivity index (χ1v) is 11.1. The van der Waals surface area contributed by atoms with Crippen LogP contribution in [0, 0.1) is 0 Å². The van der Waals surface area contributed by atoms with Gasteiger partial charge in [0.25, 0.3) is 0 Å². The Morgan fingerprint density at radius 2 is 1.87 bits per heavy atom. The number of carbonyl (C=O) groups is 2. The number of carbonyl (C=O) groups excluding carboxylic acids is 2. The first-order chi connectivity index (χ1) is 14.7. The molecular weight excluding hydrogens is 392 g/mol. The van der Waals surface area contributed by atoms with E-state index in [-0.39, 0.29) is 5.78 Å². The maximum atomic E-state index is 14.0. The summed E-state index contributed by atoms with van der Waals surface area (Å²) in [6.07, 6.45) is 1.58. The van der Waals surface area contributed by atoms with Crippen LogP contribution in [-0.4, -0.2) is 58.8 Å². The average molecular weight is 425 g/mol. The summed E-state index contributed by atoms with van der Waals surface area (Å²) >= 11 is 0. The van der Waals surface area contributed by atoms with E-state index in [1.165, 1.54) is 4.90 Å². The molecule has 2 fully saturated rings. The minimum atomic E-state index is -1.09. The number of nitrogens with zero attached hydrogens (tertiary/aromatic N) is 1. The third-order valence-corrected chi connectivity index (χ3v) is 6.38. The van der Waals surface area contributed by atoms with Crippen molar-refractivity contribution in [2.45, 2.75) is 63.2 Å². The second-order valence-electron chi connectivity index (χ2n) is 9.75. The molecule has 1 aliphatic heterocycles. The number of hydrogen-bond acceptors (Lipinski definition) is 5. The molecule has 2 N–H and O–H groups in total. The lowest BCUT2D eigenvalue weighted by atomic mass is 9.65. The highest BCUT2D eigenvalue weighted by Gasteiger charge is 2.50. The Morgan fingerprint density at radius 1 is 1.16 bits per heavy atom. The predicted octanol–water partition coefficient (Wildman–Crippen LogP) is 3.62. The van der Waals surface area contributed by atoms with Crippen molar-refractivity contribution in [3.05, 3.63) is 48.0 Å². The smallest absolute Gasteiger partial charge is 0.410 e. The minimum Gasteiger partial charge on any atom is -0.444 e. The average Bonchev–Trinajstić information content (AvgIpc) is 2.71. The van der Waals surface area contributed by atoms with Crippen LogP contribution in [0.4, 0.5) is 4.79 Å². The van der Waals surface area contributed by atoms with Crippen LogP contribution >= 0.6 is 0 Å². The molecule has 0 spiro atoms. The molecule has 1 heterocycles. The van der Waals surface area contributed by atoms with Gasteiger partial charge in [-0.15, -0.1) is 0 Å². The van der Waals surface area contributed by atoms with Gasteiger partial charge in [0.1, 0.15) is 11.6 Å². The Kier molecular flexibility index (Phi) is 5.79. The van der Waals surface area contributed by atoms with Crippen LogP contribution in [0.25, 0.3) is 10.8 Å². The topological polar surface area (TPSA) is 78.9 Å². The summed E-state index contributed by atoms with van der Waals surface area (Å²) < 4.78 is 5.58. The molecule has 1 amide bonds. The predicted molar refractivity (Wildman–Crippen MR) is 120 cm³/mol. The van der Waals surface area contributed by atoms with Gasteiger partial charge in [-0.3, -0.25) is 9.69 Å². The number of hydrogen-bond donors (Lipinski definition) is 2. The molecule has 0 bridgehead atoms. The van der Waals surface area contributed by atoms with Crippen LogP contribution in [0.1, 0.15) is 51.5 Å². The molecule has 2 aromatic rings.